The highest BCUT2D eigenvalue weighted by atomic mass is 15.1. The Hall–Kier alpha value is -0.830. The second-order valence-corrected chi connectivity index (χ2v) is 7.65. The molecule has 4 fully saturated rings. The van der Waals surface area contributed by atoms with Gasteiger partial charge in [-0.05, 0) is 68.2 Å². The molecule has 1 atom stereocenters. The van der Waals surface area contributed by atoms with Crippen LogP contribution >= 0.6 is 0 Å². The number of imidazole rings is 1. The Bertz CT molecular complexity index is 416. The van der Waals surface area contributed by atoms with Gasteiger partial charge in [-0.25, -0.2) is 4.98 Å². The summed E-state index contributed by atoms with van der Waals surface area (Å²) in [4.78, 5) is 4.22. The van der Waals surface area contributed by atoms with Gasteiger partial charge in [-0.15, -0.1) is 0 Å². The maximum absolute atomic E-state index is 4.22. The van der Waals surface area contributed by atoms with Gasteiger partial charge in [0.2, 0.25) is 0 Å². The zero-order valence-corrected chi connectivity index (χ0v) is 12.6. The molecule has 4 saturated carbocycles. The highest BCUT2D eigenvalue weighted by Gasteiger charge is 2.53. The summed E-state index contributed by atoms with van der Waals surface area (Å²) in [6, 6.07) is 0.634. The third-order valence-corrected chi connectivity index (χ3v) is 6.23. The Morgan fingerprint density at radius 3 is 2.35 bits per heavy atom. The van der Waals surface area contributed by atoms with E-state index in [-0.39, 0.29) is 0 Å². The van der Waals surface area contributed by atoms with Crippen LogP contribution in [0.4, 0.5) is 0 Å². The largest absolute Gasteiger partial charge is 0.336 e. The van der Waals surface area contributed by atoms with E-state index in [0.29, 0.717) is 11.5 Å². The smallest absolute Gasteiger partial charge is 0.0946 e. The molecule has 1 N–H and O–H groups in total. The van der Waals surface area contributed by atoms with Gasteiger partial charge in [-0.3, -0.25) is 0 Å². The van der Waals surface area contributed by atoms with Crippen LogP contribution in [0.5, 0.6) is 0 Å². The fourth-order valence-electron chi connectivity index (χ4n) is 5.93. The van der Waals surface area contributed by atoms with Crippen LogP contribution in [-0.4, -0.2) is 22.1 Å². The number of rotatable bonds is 5. The van der Waals surface area contributed by atoms with Crippen molar-refractivity contribution in [1.29, 1.82) is 0 Å². The second-order valence-electron chi connectivity index (χ2n) is 7.65. The molecule has 4 aliphatic rings. The van der Waals surface area contributed by atoms with Crippen molar-refractivity contribution in [2.45, 2.75) is 58.0 Å². The molecule has 1 unspecified atom stereocenters. The van der Waals surface area contributed by atoms with Crippen LogP contribution in [0.2, 0.25) is 0 Å². The first kappa shape index (κ1) is 12.9. The number of hydrogen-bond donors (Lipinski definition) is 1. The van der Waals surface area contributed by atoms with E-state index in [1.54, 1.807) is 0 Å². The quantitative estimate of drug-likeness (QED) is 0.893. The predicted molar refractivity (Wildman–Crippen MR) is 80.3 cm³/mol. The summed E-state index contributed by atoms with van der Waals surface area (Å²) in [7, 11) is 0. The van der Waals surface area contributed by atoms with E-state index in [1.807, 2.05) is 12.5 Å². The third-order valence-electron chi connectivity index (χ3n) is 6.23. The lowest BCUT2D eigenvalue weighted by Gasteiger charge is -2.59. The molecule has 1 aromatic heterocycles. The van der Waals surface area contributed by atoms with Crippen LogP contribution in [0.1, 0.15) is 45.4 Å². The van der Waals surface area contributed by atoms with E-state index in [0.717, 1.165) is 30.8 Å². The Labute approximate surface area is 122 Å². The average Bonchev–Trinajstić information content (AvgIpc) is 2.89. The molecule has 1 aromatic rings. The first-order chi connectivity index (χ1) is 9.77. The Morgan fingerprint density at radius 2 is 1.85 bits per heavy atom. The second kappa shape index (κ2) is 4.87. The Balaban J connectivity index is 1.58. The van der Waals surface area contributed by atoms with Crippen LogP contribution in [-0.2, 0) is 6.54 Å². The summed E-state index contributed by atoms with van der Waals surface area (Å²) < 4.78 is 2.27. The lowest BCUT2D eigenvalue weighted by atomic mass is 9.47. The van der Waals surface area contributed by atoms with E-state index in [2.05, 4.69) is 28.0 Å². The molecule has 0 amide bonds. The van der Waals surface area contributed by atoms with Crippen molar-refractivity contribution in [2.24, 2.45) is 23.2 Å². The van der Waals surface area contributed by atoms with Gasteiger partial charge >= 0.3 is 0 Å². The minimum Gasteiger partial charge on any atom is -0.336 e. The van der Waals surface area contributed by atoms with Crippen LogP contribution in [0.3, 0.4) is 0 Å². The SMILES string of the molecule is CCNC(Cn1ccnc1)C12CC3CC(CC(C3)C1)C2. The van der Waals surface area contributed by atoms with E-state index in [1.165, 1.54) is 38.5 Å². The lowest BCUT2D eigenvalue weighted by Crippen LogP contribution is -2.57. The number of nitrogens with zero attached hydrogens (tertiary/aromatic N) is 2. The maximum Gasteiger partial charge on any atom is 0.0946 e. The molecule has 0 spiro atoms. The minimum atomic E-state index is 0.578. The predicted octanol–water partition coefficient (Wildman–Crippen LogP) is 3.08. The van der Waals surface area contributed by atoms with Crippen molar-refractivity contribution in [3.8, 4) is 0 Å². The number of likely N-dealkylation sites (N-methyl/N-ethyl adjacent to an activating group) is 1. The molecular weight excluding hydrogens is 246 g/mol. The average molecular weight is 273 g/mol. The molecule has 3 heteroatoms. The fourth-order valence-corrected chi connectivity index (χ4v) is 5.93. The standard InChI is InChI=1S/C17H27N3/c1-2-19-16(11-20-4-3-18-12-20)17-8-13-5-14(9-17)7-15(6-13)10-17/h3-4,12-16,19H,2,5-11H2,1H3. The van der Waals surface area contributed by atoms with Crippen molar-refractivity contribution in [1.82, 2.24) is 14.9 Å². The highest BCUT2D eigenvalue weighted by molar-refractivity contribution is 5.06. The molecule has 3 nitrogen and oxygen atoms in total. The van der Waals surface area contributed by atoms with Crippen molar-refractivity contribution in [3.63, 3.8) is 0 Å². The molecule has 0 aliphatic heterocycles. The van der Waals surface area contributed by atoms with Crippen molar-refractivity contribution < 1.29 is 0 Å². The topological polar surface area (TPSA) is 29.9 Å². The van der Waals surface area contributed by atoms with Crippen LogP contribution < -0.4 is 5.32 Å². The van der Waals surface area contributed by atoms with Crippen molar-refractivity contribution >= 4 is 0 Å². The first-order valence-electron chi connectivity index (χ1n) is 8.46. The normalized spacial score (nSPS) is 40.1. The minimum absolute atomic E-state index is 0.578. The van der Waals surface area contributed by atoms with E-state index in [4.69, 9.17) is 0 Å². The Morgan fingerprint density at radius 1 is 1.20 bits per heavy atom. The summed E-state index contributed by atoms with van der Waals surface area (Å²) in [6.07, 6.45) is 15.0. The van der Waals surface area contributed by atoms with Gasteiger partial charge in [0.15, 0.2) is 0 Å². The van der Waals surface area contributed by atoms with Crippen molar-refractivity contribution in [2.75, 3.05) is 6.54 Å². The van der Waals surface area contributed by atoms with E-state index >= 15 is 0 Å². The molecule has 0 saturated heterocycles. The zero-order chi connectivity index (χ0) is 13.6. The molecule has 4 bridgehead atoms. The Kier molecular flexibility index (Phi) is 3.13. The van der Waals surface area contributed by atoms with E-state index < -0.39 is 0 Å². The fraction of sp³-hybridized carbons (Fsp3) is 0.824. The van der Waals surface area contributed by atoms with Gasteiger partial charge < -0.3 is 9.88 Å². The van der Waals surface area contributed by atoms with Crippen LogP contribution in [0.15, 0.2) is 18.7 Å². The molecule has 1 heterocycles. The van der Waals surface area contributed by atoms with Gasteiger partial charge in [0.1, 0.15) is 0 Å². The maximum atomic E-state index is 4.22. The molecule has 110 valence electrons. The first-order valence-corrected chi connectivity index (χ1v) is 8.46. The summed E-state index contributed by atoms with van der Waals surface area (Å²) in [5.41, 5.74) is 0.578. The van der Waals surface area contributed by atoms with Gasteiger partial charge in [-0.2, -0.15) is 0 Å². The number of hydrogen-bond acceptors (Lipinski definition) is 2. The van der Waals surface area contributed by atoms with Crippen molar-refractivity contribution in [3.05, 3.63) is 18.7 Å². The van der Waals surface area contributed by atoms with Crippen LogP contribution in [0, 0.1) is 23.2 Å². The highest BCUT2D eigenvalue weighted by Crippen LogP contribution is 2.61. The van der Waals surface area contributed by atoms with E-state index in [9.17, 15) is 0 Å². The summed E-state index contributed by atoms with van der Waals surface area (Å²) in [5, 5.41) is 3.83. The monoisotopic (exact) mass is 273 g/mol. The van der Waals surface area contributed by atoms with Crippen LogP contribution in [0.25, 0.3) is 0 Å². The summed E-state index contributed by atoms with van der Waals surface area (Å²) in [5.74, 6) is 3.10. The molecule has 5 rings (SSSR count). The van der Waals surface area contributed by atoms with Gasteiger partial charge in [0, 0.05) is 25.0 Å². The lowest BCUT2D eigenvalue weighted by molar-refractivity contribution is -0.0764. The third kappa shape index (κ3) is 2.11. The molecule has 20 heavy (non-hydrogen) atoms. The molecular formula is C17H27N3. The summed E-state index contributed by atoms with van der Waals surface area (Å²) in [6.45, 7) is 4.43. The van der Waals surface area contributed by atoms with Gasteiger partial charge in [-0.1, -0.05) is 6.92 Å². The summed E-state index contributed by atoms with van der Waals surface area (Å²) >= 11 is 0. The molecule has 4 aliphatic carbocycles. The molecule has 0 radical (unpaired) electrons. The number of nitrogens with one attached hydrogen (secondary N) is 1. The zero-order valence-electron chi connectivity index (χ0n) is 12.6. The number of aromatic nitrogens is 2. The van der Waals surface area contributed by atoms with Gasteiger partial charge in [0.05, 0.1) is 6.33 Å². The van der Waals surface area contributed by atoms with Gasteiger partial charge in [0.25, 0.3) is 0 Å². The molecule has 0 aromatic carbocycles.